The van der Waals surface area contributed by atoms with E-state index in [2.05, 4.69) is 5.43 Å². The zero-order valence-corrected chi connectivity index (χ0v) is 11.0. The average molecular weight is 285 g/mol. The van der Waals surface area contributed by atoms with Crippen molar-refractivity contribution in [2.45, 2.75) is 4.90 Å². The monoisotopic (exact) mass is 285 g/mol. The van der Waals surface area contributed by atoms with Crippen LogP contribution in [0.5, 0.6) is 0 Å². The van der Waals surface area contributed by atoms with Crippen molar-refractivity contribution < 1.29 is 17.9 Å². The number of amides is 1. The summed E-state index contributed by atoms with van der Waals surface area (Å²) in [7, 11) is -3.81. The van der Waals surface area contributed by atoms with Crippen LogP contribution >= 0.6 is 0 Å². The van der Waals surface area contributed by atoms with E-state index in [9.17, 15) is 13.2 Å². The van der Waals surface area contributed by atoms with E-state index in [1.54, 1.807) is 5.01 Å². The minimum atomic E-state index is -3.81. The zero-order chi connectivity index (χ0) is 13.9. The number of hydrogen-bond donors (Lipinski definition) is 2. The highest BCUT2D eigenvalue weighted by Gasteiger charge is 2.16. The summed E-state index contributed by atoms with van der Waals surface area (Å²) >= 11 is 0. The smallest absolute Gasteiger partial charge is 0.265 e. The van der Waals surface area contributed by atoms with E-state index in [4.69, 9.17) is 9.88 Å². The highest BCUT2D eigenvalue weighted by Crippen LogP contribution is 2.10. The molecule has 2 rings (SSSR count). The van der Waals surface area contributed by atoms with Gasteiger partial charge in [-0.3, -0.25) is 10.2 Å². The molecule has 1 saturated heterocycles. The maximum Gasteiger partial charge on any atom is 0.265 e. The number of hydrazine groups is 1. The second-order valence-electron chi connectivity index (χ2n) is 4.11. The van der Waals surface area contributed by atoms with Gasteiger partial charge in [0.2, 0.25) is 10.0 Å². The number of benzene rings is 1. The molecular weight excluding hydrogens is 270 g/mol. The SMILES string of the molecule is NS(=O)(=O)c1cccc(C(=O)NN2CCOCC2)c1. The third kappa shape index (κ3) is 3.74. The van der Waals surface area contributed by atoms with Gasteiger partial charge in [0.05, 0.1) is 18.1 Å². The van der Waals surface area contributed by atoms with Crippen molar-refractivity contribution in [3.8, 4) is 0 Å². The molecule has 3 N–H and O–H groups in total. The van der Waals surface area contributed by atoms with Gasteiger partial charge in [0.25, 0.3) is 5.91 Å². The predicted molar refractivity (Wildman–Crippen MR) is 67.7 cm³/mol. The first kappa shape index (κ1) is 13.9. The zero-order valence-electron chi connectivity index (χ0n) is 10.2. The van der Waals surface area contributed by atoms with E-state index < -0.39 is 10.0 Å². The van der Waals surface area contributed by atoms with Crippen LogP contribution < -0.4 is 10.6 Å². The number of rotatable bonds is 3. The Morgan fingerprint density at radius 3 is 2.63 bits per heavy atom. The highest BCUT2D eigenvalue weighted by molar-refractivity contribution is 7.89. The van der Waals surface area contributed by atoms with Gasteiger partial charge in [0.1, 0.15) is 0 Å². The molecule has 0 spiro atoms. The lowest BCUT2D eigenvalue weighted by Crippen LogP contribution is -2.48. The van der Waals surface area contributed by atoms with E-state index in [1.165, 1.54) is 24.3 Å². The molecule has 1 heterocycles. The lowest BCUT2D eigenvalue weighted by Gasteiger charge is -2.26. The van der Waals surface area contributed by atoms with E-state index in [1.807, 2.05) is 0 Å². The Balaban J connectivity index is 2.10. The number of nitrogens with two attached hydrogens (primary N) is 1. The van der Waals surface area contributed by atoms with E-state index in [0.29, 0.717) is 26.3 Å². The number of carbonyl (C=O) groups is 1. The number of ether oxygens (including phenoxy) is 1. The van der Waals surface area contributed by atoms with Crippen molar-refractivity contribution in [2.75, 3.05) is 26.3 Å². The molecule has 1 amide bonds. The fourth-order valence-electron chi connectivity index (χ4n) is 1.70. The molecule has 1 aliphatic heterocycles. The molecule has 1 aliphatic rings. The summed E-state index contributed by atoms with van der Waals surface area (Å²) in [5.41, 5.74) is 2.94. The molecule has 0 saturated carbocycles. The number of hydrogen-bond acceptors (Lipinski definition) is 5. The molecule has 0 aromatic heterocycles. The number of morpholine rings is 1. The van der Waals surface area contributed by atoms with Crippen LogP contribution in [0, 0.1) is 0 Å². The Morgan fingerprint density at radius 1 is 1.32 bits per heavy atom. The molecule has 0 atom stereocenters. The Hall–Kier alpha value is -1.48. The summed E-state index contributed by atoms with van der Waals surface area (Å²) in [6, 6.07) is 5.62. The molecular formula is C11H15N3O4S. The molecule has 19 heavy (non-hydrogen) atoms. The third-order valence-corrected chi connectivity index (χ3v) is 3.61. The third-order valence-electron chi connectivity index (χ3n) is 2.70. The van der Waals surface area contributed by atoms with E-state index >= 15 is 0 Å². The molecule has 1 aromatic carbocycles. The predicted octanol–water partition coefficient (Wildman–Crippen LogP) is -0.689. The molecule has 0 unspecified atom stereocenters. The summed E-state index contributed by atoms with van der Waals surface area (Å²) in [6.45, 7) is 2.30. The van der Waals surface area contributed by atoms with Gasteiger partial charge in [-0.05, 0) is 18.2 Å². The van der Waals surface area contributed by atoms with Gasteiger partial charge in [-0.25, -0.2) is 18.6 Å². The first-order chi connectivity index (χ1) is 8.97. The first-order valence-electron chi connectivity index (χ1n) is 5.73. The van der Waals surface area contributed by atoms with Crippen LogP contribution in [0.15, 0.2) is 29.2 Å². The largest absolute Gasteiger partial charge is 0.379 e. The summed E-state index contributed by atoms with van der Waals surface area (Å²) in [5, 5.41) is 6.76. The quantitative estimate of drug-likeness (QED) is 0.765. The van der Waals surface area contributed by atoms with E-state index in [-0.39, 0.29) is 16.4 Å². The Kier molecular flexibility index (Phi) is 4.15. The standard InChI is InChI=1S/C11H15N3O4S/c12-19(16,17)10-3-1-2-9(8-10)11(15)13-14-4-6-18-7-5-14/h1-3,8H,4-7H2,(H,13,15)(H2,12,16,17). The normalized spacial score (nSPS) is 17.1. The number of nitrogens with zero attached hydrogens (tertiary/aromatic N) is 1. The maximum atomic E-state index is 12.0. The lowest BCUT2D eigenvalue weighted by atomic mass is 10.2. The van der Waals surface area contributed by atoms with Gasteiger partial charge < -0.3 is 4.74 Å². The van der Waals surface area contributed by atoms with Crippen molar-refractivity contribution in [1.82, 2.24) is 10.4 Å². The summed E-state index contributed by atoms with van der Waals surface area (Å²) < 4.78 is 27.6. The Bertz CT molecular complexity index is 567. The highest BCUT2D eigenvalue weighted by atomic mass is 32.2. The van der Waals surface area contributed by atoms with E-state index in [0.717, 1.165) is 0 Å². The fourth-order valence-corrected chi connectivity index (χ4v) is 2.26. The van der Waals surface area contributed by atoms with Gasteiger partial charge in [-0.1, -0.05) is 6.07 Å². The topological polar surface area (TPSA) is 102 Å². The van der Waals surface area contributed by atoms with Crippen molar-refractivity contribution >= 4 is 15.9 Å². The van der Waals surface area contributed by atoms with Crippen LogP contribution in [0.3, 0.4) is 0 Å². The van der Waals surface area contributed by atoms with Crippen LogP contribution in [0.4, 0.5) is 0 Å². The molecule has 0 bridgehead atoms. The minimum absolute atomic E-state index is 0.0814. The number of primary sulfonamides is 1. The molecule has 8 heteroatoms. The minimum Gasteiger partial charge on any atom is -0.379 e. The van der Waals surface area contributed by atoms with Crippen molar-refractivity contribution in [3.05, 3.63) is 29.8 Å². The number of sulfonamides is 1. The van der Waals surface area contributed by atoms with Gasteiger partial charge in [-0.2, -0.15) is 0 Å². The number of nitrogens with one attached hydrogen (secondary N) is 1. The van der Waals surface area contributed by atoms with Crippen molar-refractivity contribution in [2.24, 2.45) is 5.14 Å². The lowest BCUT2D eigenvalue weighted by molar-refractivity contribution is 0.0126. The molecule has 0 aliphatic carbocycles. The molecule has 104 valence electrons. The van der Waals surface area contributed by atoms with Crippen LogP contribution in [0.2, 0.25) is 0 Å². The molecule has 1 aromatic rings. The summed E-state index contributed by atoms with van der Waals surface area (Å²) in [4.78, 5) is 11.9. The van der Waals surface area contributed by atoms with Crippen LogP contribution in [-0.2, 0) is 14.8 Å². The first-order valence-corrected chi connectivity index (χ1v) is 7.28. The second kappa shape index (κ2) is 5.66. The average Bonchev–Trinajstić information content (AvgIpc) is 2.39. The van der Waals surface area contributed by atoms with Gasteiger partial charge in [0.15, 0.2) is 0 Å². The summed E-state index contributed by atoms with van der Waals surface area (Å²) in [5.74, 6) is -0.368. The van der Waals surface area contributed by atoms with Gasteiger partial charge >= 0.3 is 0 Å². The molecule has 0 radical (unpaired) electrons. The molecule has 7 nitrogen and oxygen atoms in total. The second-order valence-corrected chi connectivity index (χ2v) is 5.67. The number of carbonyl (C=O) groups excluding carboxylic acids is 1. The van der Waals surface area contributed by atoms with Gasteiger partial charge in [-0.15, -0.1) is 0 Å². The molecule has 1 fully saturated rings. The van der Waals surface area contributed by atoms with Crippen molar-refractivity contribution in [1.29, 1.82) is 0 Å². The van der Waals surface area contributed by atoms with Crippen molar-refractivity contribution in [3.63, 3.8) is 0 Å². The van der Waals surface area contributed by atoms with Gasteiger partial charge in [0, 0.05) is 18.7 Å². The van der Waals surface area contributed by atoms with Crippen LogP contribution in [-0.4, -0.2) is 45.6 Å². The van der Waals surface area contributed by atoms with Crippen LogP contribution in [0.25, 0.3) is 0 Å². The fraction of sp³-hybridized carbons (Fsp3) is 0.364. The Morgan fingerprint density at radius 2 is 2.00 bits per heavy atom. The Labute approximate surface area is 111 Å². The maximum absolute atomic E-state index is 12.0. The van der Waals surface area contributed by atoms with Crippen LogP contribution in [0.1, 0.15) is 10.4 Å². The summed E-state index contributed by atoms with van der Waals surface area (Å²) in [6.07, 6.45) is 0.